The number of carbonyl (C=O) groups is 2. The van der Waals surface area contributed by atoms with Gasteiger partial charge in [-0.25, -0.2) is 0 Å². The Morgan fingerprint density at radius 3 is 2.45 bits per heavy atom. The van der Waals surface area contributed by atoms with Gasteiger partial charge in [0.25, 0.3) is 0 Å². The molecule has 0 aliphatic carbocycles. The summed E-state index contributed by atoms with van der Waals surface area (Å²) in [5, 5.41) is 0. The minimum atomic E-state index is -0.307. The minimum absolute atomic E-state index is 0.0270. The van der Waals surface area contributed by atoms with Crippen LogP contribution >= 0.6 is 0 Å². The summed E-state index contributed by atoms with van der Waals surface area (Å²) in [4.78, 5) is 26.4. The van der Waals surface area contributed by atoms with Gasteiger partial charge in [-0.3, -0.25) is 9.59 Å². The number of carbonyl (C=O) groups excluding carboxylic acids is 2. The van der Waals surface area contributed by atoms with Crippen molar-refractivity contribution in [1.29, 1.82) is 0 Å². The van der Waals surface area contributed by atoms with Crippen molar-refractivity contribution in [2.75, 3.05) is 13.7 Å². The first-order valence-corrected chi connectivity index (χ1v) is 7.03. The maximum atomic E-state index is 12.5. The smallest absolute Gasteiger partial charge is 0.225 e. The van der Waals surface area contributed by atoms with Crippen molar-refractivity contribution >= 4 is 11.7 Å². The molecule has 1 saturated heterocycles. The molecule has 1 unspecified atom stereocenters. The van der Waals surface area contributed by atoms with E-state index in [-0.39, 0.29) is 23.7 Å². The number of hydrogen-bond acceptors (Lipinski definition) is 3. The van der Waals surface area contributed by atoms with Gasteiger partial charge in [0.1, 0.15) is 5.75 Å². The number of Topliss-reactive ketones (excluding diaryl/α,β-unsaturated/α-hetero) is 1. The zero-order valence-electron chi connectivity index (χ0n) is 12.3. The standard InChI is InChI=1S/C16H21NO3/c1-11(2)16(19)17-10-4-5-14(17)15(18)12-6-8-13(20-3)9-7-12/h6-9,11,14H,4-5,10H2,1-3H3. The average Bonchev–Trinajstić information content (AvgIpc) is 2.94. The molecule has 1 heterocycles. The summed E-state index contributed by atoms with van der Waals surface area (Å²) in [6, 6.07) is 6.76. The third-order valence-electron chi connectivity index (χ3n) is 3.71. The molecule has 0 radical (unpaired) electrons. The van der Waals surface area contributed by atoms with Crippen LogP contribution in [0.15, 0.2) is 24.3 Å². The third-order valence-corrected chi connectivity index (χ3v) is 3.71. The van der Waals surface area contributed by atoms with Gasteiger partial charge < -0.3 is 9.64 Å². The topological polar surface area (TPSA) is 46.6 Å². The van der Waals surface area contributed by atoms with Crippen LogP contribution in [0, 0.1) is 5.92 Å². The van der Waals surface area contributed by atoms with Crippen molar-refractivity contribution in [2.45, 2.75) is 32.7 Å². The van der Waals surface area contributed by atoms with E-state index in [1.807, 2.05) is 13.8 Å². The Bertz CT molecular complexity index is 493. The second-order valence-electron chi connectivity index (χ2n) is 5.44. The predicted octanol–water partition coefficient (Wildman–Crippen LogP) is 2.52. The first-order valence-electron chi connectivity index (χ1n) is 7.03. The van der Waals surface area contributed by atoms with Gasteiger partial charge in [0, 0.05) is 18.0 Å². The van der Waals surface area contributed by atoms with Crippen molar-refractivity contribution < 1.29 is 14.3 Å². The Kier molecular flexibility index (Phi) is 4.42. The van der Waals surface area contributed by atoms with Crippen molar-refractivity contribution in [2.24, 2.45) is 5.92 Å². The van der Waals surface area contributed by atoms with Crippen molar-refractivity contribution in [3.05, 3.63) is 29.8 Å². The lowest BCUT2D eigenvalue weighted by atomic mass is 10.0. The summed E-state index contributed by atoms with van der Waals surface area (Å²) >= 11 is 0. The molecule has 108 valence electrons. The fraction of sp³-hybridized carbons (Fsp3) is 0.500. The van der Waals surface area contributed by atoms with E-state index in [0.717, 1.165) is 18.6 Å². The van der Waals surface area contributed by atoms with Gasteiger partial charge in [-0.2, -0.15) is 0 Å². The zero-order chi connectivity index (χ0) is 14.7. The van der Waals surface area contributed by atoms with E-state index >= 15 is 0 Å². The highest BCUT2D eigenvalue weighted by Gasteiger charge is 2.35. The number of amides is 1. The predicted molar refractivity (Wildman–Crippen MR) is 76.9 cm³/mol. The van der Waals surface area contributed by atoms with Gasteiger partial charge in [-0.1, -0.05) is 13.8 Å². The molecule has 4 heteroatoms. The number of ketones is 1. The van der Waals surface area contributed by atoms with Crippen LogP contribution in [0.25, 0.3) is 0 Å². The van der Waals surface area contributed by atoms with E-state index in [1.54, 1.807) is 36.3 Å². The molecule has 2 rings (SSSR count). The normalized spacial score (nSPS) is 18.4. The number of hydrogen-bond donors (Lipinski definition) is 0. The molecule has 0 spiro atoms. The van der Waals surface area contributed by atoms with Gasteiger partial charge >= 0.3 is 0 Å². The molecule has 1 fully saturated rings. The lowest BCUT2D eigenvalue weighted by Gasteiger charge is -2.25. The Hall–Kier alpha value is -1.84. The van der Waals surface area contributed by atoms with Crippen LogP contribution in [-0.2, 0) is 4.79 Å². The molecule has 1 aromatic rings. The van der Waals surface area contributed by atoms with E-state index in [1.165, 1.54) is 0 Å². The molecule has 1 aromatic carbocycles. The summed E-state index contributed by atoms with van der Waals surface area (Å²) < 4.78 is 5.09. The average molecular weight is 275 g/mol. The molecular weight excluding hydrogens is 254 g/mol. The molecule has 0 aromatic heterocycles. The minimum Gasteiger partial charge on any atom is -0.497 e. The van der Waals surface area contributed by atoms with Crippen molar-refractivity contribution in [3.8, 4) is 5.75 Å². The first-order chi connectivity index (χ1) is 9.54. The number of ether oxygens (including phenoxy) is 1. The van der Waals surface area contributed by atoms with E-state index < -0.39 is 0 Å². The van der Waals surface area contributed by atoms with E-state index in [2.05, 4.69) is 0 Å². The lowest BCUT2D eigenvalue weighted by Crippen LogP contribution is -2.42. The van der Waals surface area contributed by atoms with Crippen LogP contribution in [0.2, 0.25) is 0 Å². The second kappa shape index (κ2) is 6.07. The molecular formula is C16H21NO3. The van der Waals surface area contributed by atoms with E-state index in [9.17, 15) is 9.59 Å². The molecule has 1 aliphatic heterocycles. The highest BCUT2D eigenvalue weighted by molar-refractivity contribution is 6.02. The van der Waals surface area contributed by atoms with Gasteiger partial charge in [0.2, 0.25) is 5.91 Å². The van der Waals surface area contributed by atoms with Gasteiger partial charge in [-0.15, -0.1) is 0 Å². The lowest BCUT2D eigenvalue weighted by molar-refractivity contribution is -0.134. The molecule has 20 heavy (non-hydrogen) atoms. The molecule has 1 atom stereocenters. The first kappa shape index (κ1) is 14.6. The number of benzene rings is 1. The van der Waals surface area contributed by atoms with Crippen molar-refractivity contribution in [3.63, 3.8) is 0 Å². The highest BCUT2D eigenvalue weighted by Crippen LogP contribution is 2.24. The van der Waals surface area contributed by atoms with E-state index in [0.29, 0.717) is 12.1 Å². The van der Waals surface area contributed by atoms with Gasteiger partial charge in [0.15, 0.2) is 5.78 Å². The number of likely N-dealkylation sites (tertiary alicyclic amines) is 1. The maximum absolute atomic E-state index is 12.5. The monoisotopic (exact) mass is 275 g/mol. The van der Waals surface area contributed by atoms with Crippen LogP contribution in [-0.4, -0.2) is 36.3 Å². The fourth-order valence-electron chi connectivity index (χ4n) is 2.58. The SMILES string of the molecule is COc1ccc(C(=O)C2CCCN2C(=O)C(C)C)cc1. The molecule has 1 aliphatic rings. The Morgan fingerprint density at radius 2 is 1.90 bits per heavy atom. The molecule has 0 saturated carbocycles. The second-order valence-corrected chi connectivity index (χ2v) is 5.44. The largest absolute Gasteiger partial charge is 0.497 e. The van der Waals surface area contributed by atoms with Crippen LogP contribution in [0.4, 0.5) is 0 Å². The summed E-state index contributed by atoms with van der Waals surface area (Å²) in [5.74, 6) is 0.746. The van der Waals surface area contributed by atoms with E-state index in [4.69, 9.17) is 4.74 Å². The van der Waals surface area contributed by atoms with Crippen LogP contribution < -0.4 is 4.74 Å². The Labute approximate surface area is 119 Å². The molecule has 0 N–H and O–H groups in total. The van der Waals surface area contributed by atoms with Crippen LogP contribution in [0.3, 0.4) is 0 Å². The van der Waals surface area contributed by atoms with Gasteiger partial charge in [-0.05, 0) is 37.1 Å². The zero-order valence-corrected chi connectivity index (χ0v) is 12.3. The summed E-state index contributed by atoms with van der Waals surface area (Å²) in [6.45, 7) is 4.43. The van der Waals surface area contributed by atoms with Crippen LogP contribution in [0.1, 0.15) is 37.0 Å². The third kappa shape index (κ3) is 2.84. The molecule has 1 amide bonds. The summed E-state index contributed by atoms with van der Waals surface area (Å²) in [5.41, 5.74) is 0.638. The fourth-order valence-corrected chi connectivity index (χ4v) is 2.58. The van der Waals surface area contributed by atoms with Crippen molar-refractivity contribution in [1.82, 2.24) is 4.90 Å². The quantitative estimate of drug-likeness (QED) is 0.793. The number of rotatable bonds is 4. The Balaban J connectivity index is 2.16. The van der Waals surface area contributed by atoms with Gasteiger partial charge in [0.05, 0.1) is 13.2 Å². The van der Waals surface area contributed by atoms with Crippen LogP contribution in [0.5, 0.6) is 5.75 Å². The maximum Gasteiger partial charge on any atom is 0.225 e. The Morgan fingerprint density at radius 1 is 1.25 bits per heavy atom. The number of methoxy groups -OCH3 is 1. The number of nitrogens with zero attached hydrogens (tertiary/aromatic N) is 1. The molecule has 4 nitrogen and oxygen atoms in total. The summed E-state index contributed by atoms with van der Waals surface area (Å²) in [6.07, 6.45) is 1.65. The molecule has 0 bridgehead atoms. The summed E-state index contributed by atoms with van der Waals surface area (Å²) in [7, 11) is 1.59. The highest BCUT2D eigenvalue weighted by atomic mass is 16.5.